The van der Waals surface area contributed by atoms with Gasteiger partial charge in [0.1, 0.15) is 0 Å². The van der Waals surface area contributed by atoms with Crippen LogP contribution in [0.25, 0.3) is 5.69 Å². The molecule has 0 fully saturated rings. The van der Waals surface area contributed by atoms with Crippen molar-refractivity contribution in [3.63, 3.8) is 0 Å². The lowest BCUT2D eigenvalue weighted by Crippen LogP contribution is -2.02. The largest absolute Gasteiger partial charge is 0.478 e. The van der Waals surface area contributed by atoms with E-state index in [0.717, 1.165) is 5.56 Å². The van der Waals surface area contributed by atoms with Crippen LogP contribution < -0.4 is 0 Å². The van der Waals surface area contributed by atoms with Gasteiger partial charge in [-0.3, -0.25) is 0 Å². The van der Waals surface area contributed by atoms with Crippen molar-refractivity contribution in [2.75, 3.05) is 0 Å². The average Bonchev–Trinajstić information content (AvgIpc) is 2.78. The molecular weight excluding hydrogens is 236 g/mol. The van der Waals surface area contributed by atoms with Gasteiger partial charge < -0.3 is 10.2 Å². The molecule has 0 spiro atoms. The molecular formula is C12H10N2O4. The maximum absolute atomic E-state index is 10.9. The minimum atomic E-state index is -1.08. The topological polar surface area (TPSA) is 92.4 Å². The fraction of sp³-hybridized carbons (Fsp3) is 0.0833. The highest BCUT2D eigenvalue weighted by Crippen LogP contribution is 2.16. The fourth-order valence-electron chi connectivity index (χ4n) is 1.55. The first-order chi connectivity index (χ1) is 8.49. The summed E-state index contributed by atoms with van der Waals surface area (Å²) in [6, 6.07) is 4.60. The minimum absolute atomic E-state index is 0.0510. The van der Waals surface area contributed by atoms with Crippen molar-refractivity contribution in [3.05, 3.63) is 47.3 Å². The number of aromatic carboxylic acids is 2. The van der Waals surface area contributed by atoms with Crippen LogP contribution in [0.15, 0.2) is 30.6 Å². The summed E-state index contributed by atoms with van der Waals surface area (Å²) in [5.74, 6) is -2.12. The molecule has 2 rings (SSSR count). The van der Waals surface area contributed by atoms with E-state index in [2.05, 4.69) is 5.10 Å². The van der Waals surface area contributed by atoms with Crippen LogP contribution in [0.5, 0.6) is 0 Å². The Labute approximate surface area is 102 Å². The number of carboxylic acid groups (broad SMARTS) is 2. The van der Waals surface area contributed by atoms with Crippen molar-refractivity contribution in [2.24, 2.45) is 0 Å². The molecule has 2 aromatic rings. The third kappa shape index (κ3) is 2.08. The molecule has 0 saturated heterocycles. The first-order valence-electron chi connectivity index (χ1n) is 5.11. The van der Waals surface area contributed by atoms with Gasteiger partial charge in [0.15, 0.2) is 0 Å². The number of carbonyl (C=O) groups is 2. The number of aryl methyl sites for hydroxylation is 1. The van der Waals surface area contributed by atoms with Gasteiger partial charge in [-0.1, -0.05) is 6.07 Å². The molecule has 0 unspecified atom stereocenters. The Kier molecular flexibility index (Phi) is 2.85. The Morgan fingerprint density at radius 1 is 1.17 bits per heavy atom. The summed E-state index contributed by atoms with van der Waals surface area (Å²) in [5.41, 5.74) is 1.53. The lowest BCUT2D eigenvalue weighted by Gasteiger charge is -2.06. The van der Waals surface area contributed by atoms with Crippen LogP contribution in [-0.4, -0.2) is 31.9 Å². The molecule has 18 heavy (non-hydrogen) atoms. The van der Waals surface area contributed by atoms with E-state index in [1.54, 1.807) is 13.0 Å². The van der Waals surface area contributed by atoms with Gasteiger partial charge in [0, 0.05) is 6.20 Å². The number of hydrogen-bond acceptors (Lipinski definition) is 3. The molecule has 92 valence electrons. The van der Waals surface area contributed by atoms with Crippen molar-refractivity contribution in [1.82, 2.24) is 9.78 Å². The molecule has 0 bridgehead atoms. The van der Waals surface area contributed by atoms with Crippen molar-refractivity contribution >= 4 is 11.9 Å². The lowest BCUT2D eigenvalue weighted by molar-refractivity contribution is 0.0685. The van der Waals surface area contributed by atoms with Crippen LogP contribution in [0, 0.1) is 6.92 Å². The van der Waals surface area contributed by atoms with E-state index < -0.39 is 11.9 Å². The second kappa shape index (κ2) is 4.33. The zero-order valence-electron chi connectivity index (χ0n) is 9.49. The first-order valence-corrected chi connectivity index (χ1v) is 5.11. The zero-order valence-corrected chi connectivity index (χ0v) is 9.49. The number of hydrogen-bond donors (Lipinski definition) is 2. The van der Waals surface area contributed by atoms with Crippen LogP contribution in [-0.2, 0) is 0 Å². The van der Waals surface area contributed by atoms with Crippen molar-refractivity contribution < 1.29 is 19.8 Å². The molecule has 0 aliphatic carbocycles. The van der Waals surface area contributed by atoms with Gasteiger partial charge >= 0.3 is 11.9 Å². The third-order valence-corrected chi connectivity index (χ3v) is 2.53. The minimum Gasteiger partial charge on any atom is -0.478 e. The highest BCUT2D eigenvalue weighted by molar-refractivity contribution is 5.89. The smallest absolute Gasteiger partial charge is 0.338 e. The van der Waals surface area contributed by atoms with Crippen molar-refractivity contribution in [2.45, 2.75) is 6.92 Å². The number of nitrogens with zero attached hydrogens (tertiary/aromatic N) is 2. The maximum Gasteiger partial charge on any atom is 0.338 e. The van der Waals surface area contributed by atoms with Gasteiger partial charge in [-0.25, -0.2) is 14.3 Å². The molecule has 0 aliphatic rings. The monoisotopic (exact) mass is 246 g/mol. The van der Waals surface area contributed by atoms with Crippen LogP contribution in [0.2, 0.25) is 0 Å². The van der Waals surface area contributed by atoms with Gasteiger partial charge in [-0.2, -0.15) is 5.10 Å². The Morgan fingerprint density at radius 3 is 2.39 bits per heavy atom. The van der Waals surface area contributed by atoms with Crippen molar-refractivity contribution in [1.29, 1.82) is 0 Å². The summed E-state index contributed by atoms with van der Waals surface area (Å²) in [5, 5.41) is 21.6. The Morgan fingerprint density at radius 2 is 1.83 bits per heavy atom. The highest BCUT2D eigenvalue weighted by atomic mass is 16.4. The van der Waals surface area contributed by atoms with Gasteiger partial charge in [0.25, 0.3) is 0 Å². The molecule has 6 nitrogen and oxygen atoms in total. The molecule has 0 aliphatic heterocycles. The van der Waals surface area contributed by atoms with E-state index in [9.17, 15) is 9.59 Å². The van der Waals surface area contributed by atoms with E-state index in [1.165, 1.54) is 29.2 Å². The maximum atomic E-state index is 10.9. The highest BCUT2D eigenvalue weighted by Gasteiger charge is 2.11. The second-order valence-electron chi connectivity index (χ2n) is 3.79. The van der Waals surface area contributed by atoms with E-state index in [1.807, 2.05) is 0 Å². The first kappa shape index (κ1) is 11.8. The fourth-order valence-corrected chi connectivity index (χ4v) is 1.55. The molecule has 2 N–H and O–H groups in total. The Balaban J connectivity index is 2.51. The SMILES string of the molecule is Cc1ccc(C(=O)O)cc1-n1cc(C(=O)O)cn1. The molecule has 1 heterocycles. The normalized spacial score (nSPS) is 10.3. The van der Waals surface area contributed by atoms with Crippen LogP contribution in [0.4, 0.5) is 0 Å². The number of aromatic nitrogens is 2. The number of benzene rings is 1. The van der Waals surface area contributed by atoms with Gasteiger partial charge in [0.05, 0.1) is 23.0 Å². The van der Waals surface area contributed by atoms with E-state index in [-0.39, 0.29) is 11.1 Å². The Hall–Kier alpha value is -2.63. The van der Waals surface area contributed by atoms with E-state index in [4.69, 9.17) is 10.2 Å². The van der Waals surface area contributed by atoms with E-state index in [0.29, 0.717) is 5.69 Å². The predicted octanol–water partition coefficient (Wildman–Crippen LogP) is 1.58. The molecule has 1 aromatic carbocycles. The summed E-state index contributed by atoms with van der Waals surface area (Å²) < 4.78 is 1.35. The standard InChI is InChI=1S/C12H10N2O4/c1-7-2-3-8(11(15)16)4-10(7)14-6-9(5-13-14)12(17)18/h2-6H,1H3,(H,15,16)(H,17,18). The average molecular weight is 246 g/mol. The molecule has 1 aromatic heterocycles. The van der Waals surface area contributed by atoms with Gasteiger partial charge in [-0.15, -0.1) is 0 Å². The summed E-state index contributed by atoms with van der Waals surface area (Å²) in [6.45, 7) is 1.79. The lowest BCUT2D eigenvalue weighted by atomic mass is 10.1. The molecule has 0 radical (unpaired) electrons. The predicted molar refractivity (Wildman–Crippen MR) is 62.2 cm³/mol. The Bertz CT molecular complexity index is 631. The zero-order chi connectivity index (χ0) is 13.3. The van der Waals surface area contributed by atoms with E-state index >= 15 is 0 Å². The van der Waals surface area contributed by atoms with Crippen molar-refractivity contribution in [3.8, 4) is 5.69 Å². The molecule has 6 heteroatoms. The molecule has 0 amide bonds. The molecule has 0 saturated carbocycles. The van der Waals surface area contributed by atoms with Crippen LogP contribution >= 0.6 is 0 Å². The van der Waals surface area contributed by atoms with Gasteiger partial charge in [-0.05, 0) is 24.6 Å². The summed E-state index contributed by atoms with van der Waals surface area (Å²) >= 11 is 0. The van der Waals surface area contributed by atoms with Crippen LogP contribution in [0.1, 0.15) is 26.3 Å². The van der Waals surface area contributed by atoms with Gasteiger partial charge in [0.2, 0.25) is 0 Å². The number of carboxylic acids is 2. The third-order valence-electron chi connectivity index (χ3n) is 2.53. The quantitative estimate of drug-likeness (QED) is 0.857. The second-order valence-corrected chi connectivity index (χ2v) is 3.79. The summed E-state index contributed by atoms with van der Waals surface area (Å²) in [6.07, 6.45) is 2.56. The molecule has 0 atom stereocenters. The summed E-state index contributed by atoms with van der Waals surface area (Å²) in [4.78, 5) is 21.6. The van der Waals surface area contributed by atoms with Crippen LogP contribution in [0.3, 0.4) is 0 Å². The summed E-state index contributed by atoms with van der Waals surface area (Å²) in [7, 11) is 0. The number of rotatable bonds is 3.